The van der Waals surface area contributed by atoms with Gasteiger partial charge in [-0.1, -0.05) is 18.2 Å². The summed E-state index contributed by atoms with van der Waals surface area (Å²) < 4.78 is 94.2. The zero-order valence-corrected chi connectivity index (χ0v) is 24.8. The highest BCUT2D eigenvalue weighted by atomic mass is 19.4. The highest BCUT2D eigenvalue weighted by molar-refractivity contribution is 6.11. The normalized spacial score (nSPS) is 11.8. The maximum atomic E-state index is 14.7. The molecule has 9 nitrogen and oxygen atoms in total. The number of carbonyl (C=O) groups is 4. The van der Waals surface area contributed by atoms with Crippen molar-refractivity contribution in [3.05, 3.63) is 118 Å². The van der Waals surface area contributed by atoms with Crippen LogP contribution in [0.25, 0.3) is 0 Å². The smallest absolute Gasteiger partial charge is 0.411 e. The third kappa shape index (κ3) is 6.65. The molecule has 4 N–H and O–H groups in total. The number of anilines is 2. The molecule has 0 saturated carbocycles. The molecular weight excluding hydrogens is 650 g/mol. The van der Waals surface area contributed by atoms with E-state index in [-0.39, 0.29) is 23.9 Å². The molecule has 0 heterocycles. The van der Waals surface area contributed by atoms with E-state index in [0.717, 1.165) is 12.6 Å². The lowest BCUT2D eigenvalue weighted by Crippen LogP contribution is -2.55. The Labute approximate surface area is 267 Å². The van der Waals surface area contributed by atoms with Crippen LogP contribution in [-0.2, 0) is 5.41 Å². The minimum absolute atomic E-state index is 0.0633. The van der Waals surface area contributed by atoms with Gasteiger partial charge in [0.05, 0.1) is 16.7 Å². The number of nitrogens with one attached hydrogen (secondary N) is 2. The number of carbonyl (C=O) groups excluding carboxylic acids is 2. The number of alkyl halides is 6. The van der Waals surface area contributed by atoms with Gasteiger partial charge in [0, 0.05) is 24.0 Å². The SMILES string of the molecule is CNc1ccc(Oc2ccc(NC(=O)c3ccc(C(c4ccc(C(C)=O)c(C(=O)O)c4)(C(F)(F)F)C(F)(F)F)cc3C(=O)O)cc2)cc1. The van der Waals surface area contributed by atoms with Crippen molar-refractivity contribution in [2.24, 2.45) is 0 Å². The van der Waals surface area contributed by atoms with Crippen molar-refractivity contribution in [2.45, 2.75) is 24.7 Å². The minimum Gasteiger partial charge on any atom is -0.478 e. The van der Waals surface area contributed by atoms with Crippen LogP contribution in [-0.4, -0.2) is 53.2 Å². The van der Waals surface area contributed by atoms with Crippen molar-refractivity contribution >= 4 is 35.0 Å². The van der Waals surface area contributed by atoms with E-state index in [0.29, 0.717) is 29.7 Å². The number of amides is 1. The minimum atomic E-state index is -6.23. The fraction of sp³-hybridized carbons (Fsp3) is 0.152. The molecule has 0 aliphatic rings. The number of halogens is 6. The third-order valence-electron chi connectivity index (χ3n) is 7.33. The number of rotatable bonds is 10. The summed E-state index contributed by atoms with van der Waals surface area (Å²) in [5.41, 5.74) is -11.1. The Morgan fingerprint density at radius 3 is 1.42 bits per heavy atom. The van der Waals surface area contributed by atoms with E-state index in [1.54, 1.807) is 31.3 Å². The maximum Gasteiger partial charge on any atom is 0.411 e. The van der Waals surface area contributed by atoms with E-state index >= 15 is 0 Å². The monoisotopic (exact) mass is 674 g/mol. The summed E-state index contributed by atoms with van der Waals surface area (Å²) in [4.78, 5) is 48.8. The van der Waals surface area contributed by atoms with Gasteiger partial charge in [0.1, 0.15) is 11.5 Å². The Morgan fingerprint density at radius 1 is 0.604 bits per heavy atom. The number of carboxylic acid groups (broad SMARTS) is 2. The van der Waals surface area contributed by atoms with Crippen LogP contribution in [0.5, 0.6) is 11.5 Å². The average molecular weight is 675 g/mol. The highest BCUT2D eigenvalue weighted by Crippen LogP contribution is 2.56. The summed E-state index contributed by atoms with van der Waals surface area (Å²) in [6.07, 6.45) is -12.5. The lowest BCUT2D eigenvalue weighted by Gasteiger charge is -2.38. The highest BCUT2D eigenvalue weighted by Gasteiger charge is 2.72. The molecule has 15 heteroatoms. The molecule has 4 aromatic carbocycles. The number of benzene rings is 4. The van der Waals surface area contributed by atoms with Gasteiger partial charge >= 0.3 is 24.3 Å². The molecule has 0 aromatic heterocycles. The van der Waals surface area contributed by atoms with Crippen LogP contribution in [0, 0.1) is 0 Å². The van der Waals surface area contributed by atoms with E-state index in [4.69, 9.17) is 4.74 Å². The van der Waals surface area contributed by atoms with E-state index in [1.165, 1.54) is 24.3 Å². The number of hydrogen-bond acceptors (Lipinski definition) is 6. The van der Waals surface area contributed by atoms with Gasteiger partial charge in [-0.3, -0.25) is 9.59 Å². The summed E-state index contributed by atoms with van der Waals surface area (Å²) in [6, 6.07) is 14.3. The van der Waals surface area contributed by atoms with Gasteiger partial charge in [-0.05, 0) is 84.8 Å². The number of hydrogen-bond donors (Lipinski definition) is 4. The van der Waals surface area contributed by atoms with Gasteiger partial charge in [0.15, 0.2) is 5.78 Å². The number of Topliss-reactive ketones (excluding diaryl/α,β-unsaturated/α-hetero) is 1. The molecule has 0 radical (unpaired) electrons. The molecule has 0 spiro atoms. The largest absolute Gasteiger partial charge is 0.478 e. The first-order valence-electron chi connectivity index (χ1n) is 13.7. The van der Waals surface area contributed by atoms with Crippen molar-refractivity contribution in [1.82, 2.24) is 0 Å². The predicted molar refractivity (Wildman–Crippen MR) is 160 cm³/mol. The zero-order valence-electron chi connectivity index (χ0n) is 24.8. The predicted octanol–water partition coefficient (Wildman–Crippen LogP) is 7.78. The fourth-order valence-corrected chi connectivity index (χ4v) is 5.03. The lowest BCUT2D eigenvalue weighted by atomic mass is 9.71. The zero-order chi connectivity index (χ0) is 35.6. The molecule has 0 bridgehead atoms. The molecule has 48 heavy (non-hydrogen) atoms. The van der Waals surface area contributed by atoms with Crippen molar-refractivity contribution in [3.8, 4) is 11.5 Å². The van der Waals surface area contributed by atoms with Crippen LogP contribution in [0.3, 0.4) is 0 Å². The van der Waals surface area contributed by atoms with E-state index in [9.17, 15) is 55.7 Å². The lowest BCUT2D eigenvalue weighted by molar-refractivity contribution is -0.288. The molecule has 0 fully saturated rings. The Bertz CT molecular complexity index is 1870. The maximum absolute atomic E-state index is 14.7. The molecule has 250 valence electrons. The first-order chi connectivity index (χ1) is 22.4. The molecular formula is C33H24F6N2O7. The Kier molecular flexibility index (Phi) is 9.55. The molecule has 0 aliphatic heterocycles. The van der Waals surface area contributed by atoms with Crippen molar-refractivity contribution in [3.63, 3.8) is 0 Å². The summed E-state index contributed by atoms with van der Waals surface area (Å²) >= 11 is 0. The number of carboxylic acids is 2. The van der Waals surface area contributed by atoms with E-state index in [1.807, 2.05) is 0 Å². The van der Waals surface area contributed by atoms with E-state index < -0.39 is 74.8 Å². The summed E-state index contributed by atoms with van der Waals surface area (Å²) in [5, 5.41) is 24.5. The van der Waals surface area contributed by atoms with Crippen LogP contribution >= 0.6 is 0 Å². The van der Waals surface area contributed by atoms with Crippen LogP contribution in [0.1, 0.15) is 59.5 Å². The Hall–Kier alpha value is -5.86. The Morgan fingerprint density at radius 2 is 1.02 bits per heavy atom. The van der Waals surface area contributed by atoms with Gasteiger partial charge < -0.3 is 25.6 Å². The molecule has 4 rings (SSSR count). The molecule has 0 saturated heterocycles. The van der Waals surface area contributed by atoms with Crippen LogP contribution in [0.4, 0.5) is 37.7 Å². The standard InChI is InChI=1S/C33H24F6N2O7/c1-17(42)24-13-3-18(15-26(24)29(44)45)31(32(34,35)36,33(37,38)39)19-4-14-25(27(16-19)30(46)47)28(43)41-21-7-11-23(12-8-21)48-22-9-5-20(40-2)6-10-22/h3-16,40H,1-2H3,(H,41,43)(H,44,45)(H,46,47). The van der Waals surface area contributed by atoms with Crippen LogP contribution in [0.15, 0.2) is 84.9 Å². The van der Waals surface area contributed by atoms with Gasteiger partial charge in [0.2, 0.25) is 5.41 Å². The second-order valence-corrected chi connectivity index (χ2v) is 10.3. The molecule has 1 amide bonds. The van der Waals surface area contributed by atoms with Crippen LogP contribution < -0.4 is 15.4 Å². The molecule has 0 unspecified atom stereocenters. The third-order valence-corrected chi connectivity index (χ3v) is 7.33. The van der Waals surface area contributed by atoms with Gasteiger partial charge in [0.25, 0.3) is 5.91 Å². The Balaban J connectivity index is 1.75. The van der Waals surface area contributed by atoms with E-state index in [2.05, 4.69) is 10.6 Å². The van der Waals surface area contributed by atoms with Crippen LogP contribution in [0.2, 0.25) is 0 Å². The number of ketones is 1. The number of ether oxygens (including phenoxy) is 1. The first kappa shape index (κ1) is 35.0. The first-order valence-corrected chi connectivity index (χ1v) is 13.7. The second kappa shape index (κ2) is 13.1. The van der Waals surface area contributed by atoms with Crippen molar-refractivity contribution < 1.29 is 60.5 Å². The topological polar surface area (TPSA) is 142 Å². The van der Waals surface area contributed by atoms with Gasteiger partial charge in [-0.15, -0.1) is 0 Å². The van der Waals surface area contributed by atoms with Crippen molar-refractivity contribution in [1.29, 1.82) is 0 Å². The summed E-state index contributed by atoms with van der Waals surface area (Å²) in [6.45, 7) is 0.873. The van der Waals surface area contributed by atoms with Gasteiger partial charge in [-0.25, -0.2) is 9.59 Å². The fourth-order valence-electron chi connectivity index (χ4n) is 5.03. The van der Waals surface area contributed by atoms with Crippen molar-refractivity contribution in [2.75, 3.05) is 17.7 Å². The number of aromatic carboxylic acids is 2. The molecule has 0 aliphatic carbocycles. The molecule has 4 aromatic rings. The average Bonchev–Trinajstić information content (AvgIpc) is 3.01. The summed E-state index contributed by atoms with van der Waals surface area (Å²) in [5.74, 6) is -5.26. The van der Waals surface area contributed by atoms with Gasteiger partial charge in [-0.2, -0.15) is 26.3 Å². The quantitative estimate of drug-likeness (QED) is 0.0987. The summed E-state index contributed by atoms with van der Waals surface area (Å²) in [7, 11) is 1.74. The molecule has 0 atom stereocenters. The second-order valence-electron chi connectivity index (χ2n) is 10.3.